The van der Waals surface area contributed by atoms with Crippen LogP contribution in [0.15, 0.2) is 53.3 Å². The summed E-state index contributed by atoms with van der Waals surface area (Å²) in [5.74, 6) is -0.0128. The third-order valence-corrected chi connectivity index (χ3v) is 4.58. The van der Waals surface area contributed by atoms with Gasteiger partial charge in [-0.2, -0.15) is 0 Å². The molecule has 0 radical (unpaired) electrons. The fourth-order valence-electron chi connectivity index (χ4n) is 2.17. The standard InChI is InChI=1S/C16H13ClN4O4S/c17-14-6-5-13(26-14)15(22)18-7-12-8-21(16(23)25-12)11-3-1-10(2-4-11)19-9-20-24/h1-7,9,24H,8H2,(H,18,22)(H,19,20)/b12-7-. The number of nitrogens with zero attached hydrogens (tertiary/aromatic N) is 2. The van der Waals surface area contributed by atoms with E-state index in [0.29, 0.717) is 26.3 Å². The van der Waals surface area contributed by atoms with Gasteiger partial charge in [0.1, 0.15) is 12.1 Å². The van der Waals surface area contributed by atoms with Crippen LogP contribution in [0.25, 0.3) is 0 Å². The number of benzene rings is 1. The molecule has 0 atom stereocenters. The van der Waals surface area contributed by atoms with Gasteiger partial charge in [0.25, 0.3) is 5.91 Å². The predicted molar refractivity (Wildman–Crippen MR) is 98.2 cm³/mol. The Balaban J connectivity index is 1.64. The Morgan fingerprint density at radius 2 is 2.08 bits per heavy atom. The van der Waals surface area contributed by atoms with E-state index in [4.69, 9.17) is 21.5 Å². The number of hydroxylamine groups is 1. The van der Waals surface area contributed by atoms with E-state index in [-0.39, 0.29) is 12.5 Å². The van der Waals surface area contributed by atoms with Crippen molar-refractivity contribution in [1.29, 1.82) is 0 Å². The Kier molecular flexibility index (Phi) is 5.52. The highest BCUT2D eigenvalue weighted by Gasteiger charge is 2.28. The topological polar surface area (TPSA) is 103 Å². The van der Waals surface area contributed by atoms with E-state index in [0.717, 1.165) is 17.7 Å². The van der Waals surface area contributed by atoms with Gasteiger partial charge >= 0.3 is 6.09 Å². The molecule has 2 heterocycles. The summed E-state index contributed by atoms with van der Waals surface area (Å²) in [5.41, 5.74) is 3.02. The van der Waals surface area contributed by atoms with Gasteiger partial charge in [-0.15, -0.1) is 11.3 Å². The molecule has 0 saturated carbocycles. The summed E-state index contributed by atoms with van der Waals surface area (Å²) in [6, 6.07) is 10.0. The summed E-state index contributed by atoms with van der Waals surface area (Å²) in [6.45, 7) is 0.186. The molecule has 0 aliphatic carbocycles. The van der Waals surface area contributed by atoms with Crippen molar-refractivity contribution in [2.45, 2.75) is 0 Å². The van der Waals surface area contributed by atoms with Gasteiger partial charge in [-0.05, 0) is 36.4 Å². The molecule has 10 heteroatoms. The van der Waals surface area contributed by atoms with Crippen molar-refractivity contribution < 1.29 is 19.5 Å². The molecule has 134 valence electrons. The minimum Gasteiger partial charge on any atom is -0.411 e. The van der Waals surface area contributed by atoms with Crippen LogP contribution in [-0.2, 0) is 4.74 Å². The number of ether oxygens (including phenoxy) is 1. The molecule has 1 fully saturated rings. The first-order valence-electron chi connectivity index (χ1n) is 7.33. The maximum atomic E-state index is 12.0. The number of carbonyl (C=O) groups excluding carboxylic acids is 2. The maximum absolute atomic E-state index is 12.0. The van der Waals surface area contributed by atoms with Crippen LogP contribution < -0.4 is 15.7 Å². The quantitative estimate of drug-likeness (QED) is 0.411. The lowest BCUT2D eigenvalue weighted by Crippen LogP contribution is -2.23. The average molecular weight is 393 g/mol. The number of rotatable bonds is 5. The summed E-state index contributed by atoms with van der Waals surface area (Å²) in [6.07, 6.45) is 1.95. The summed E-state index contributed by atoms with van der Waals surface area (Å²) in [7, 11) is 0. The van der Waals surface area contributed by atoms with Crippen molar-refractivity contribution in [3.05, 3.63) is 57.6 Å². The largest absolute Gasteiger partial charge is 0.419 e. The van der Waals surface area contributed by atoms with E-state index in [1.54, 1.807) is 36.4 Å². The summed E-state index contributed by atoms with van der Waals surface area (Å²) in [4.78, 5) is 29.8. The van der Waals surface area contributed by atoms with E-state index in [2.05, 4.69) is 10.3 Å². The molecule has 2 aromatic rings. The van der Waals surface area contributed by atoms with Crippen LogP contribution in [0.3, 0.4) is 0 Å². The van der Waals surface area contributed by atoms with Crippen LogP contribution in [0.2, 0.25) is 4.34 Å². The molecular weight excluding hydrogens is 380 g/mol. The molecule has 1 saturated heterocycles. The van der Waals surface area contributed by atoms with Crippen molar-refractivity contribution in [3.8, 4) is 0 Å². The third-order valence-electron chi connectivity index (χ3n) is 3.35. The lowest BCUT2D eigenvalue weighted by Gasteiger charge is -2.11. The monoisotopic (exact) mass is 392 g/mol. The Hall–Kier alpha value is -2.88. The molecular formula is C16H13ClN4O4S. The van der Waals surface area contributed by atoms with Gasteiger partial charge in [0.05, 0.1) is 21.4 Å². The highest BCUT2D eigenvalue weighted by molar-refractivity contribution is 7.18. The average Bonchev–Trinajstić information content (AvgIpc) is 3.24. The number of aliphatic imine (C=N–C) groups is 1. The SMILES string of the molecule is O=C(N/C=C1/CN(c2ccc(N=CNO)cc2)C(=O)O1)c1ccc(Cl)s1. The van der Waals surface area contributed by atoms with Gasteiger partial charge in [-0.1, -0.05) is 11.6 Å². The first-order chi connectivity index (χ1) is 12.6. The number of amides is 2. The minimum atomic E-state index is -0.544. The van der Waals surface area contributed by atoms with Crippen molar-refractivity contribution in [3.63, 3.8) is 0 Å². The third kappa shape index (κ3) is 4.20. The molecule has 2 amide bonds. The number of thiophene rings is 1. The zero-order valence-electron chi connectivity index (χ0n) is 13.2. The van der Waals surface area contributed by atoms with Crippen LogP contribution in [-0.4, -0.2) is 30.1 Å². The van der Waals surface area contributed by atoms with E-state index >= 15 is 0 Å². The first-order valence-corrected chi connectivity index (χ1v) is 8.53. The molecule has 3 N–H and O–H groups in total. The van der Waals surface area contributed by atoms with Gasteiger partial charge in [0.2, 0.25) is 0 Å². The van der Waals surface area contributed by atoms with Crippen LogP contribution in [0.4, 0.5) is 16.2 Å². The summed E-state index contributed by atoms with van der Waals surface area (Å²) >= 11 is 6.96. The molecule has 1 aliphatic rings. The zero-order valence-corrected chi connectivity index (χ0v) is 14.8. The zero-order chi connectivity index (χ0) is 18.5. The molecule has 0 bridgehead atoms. The van der Waals surface area contributed by atoms with Crippen LogP contribution in [0, 0.1) is 0 Å². The van der Waals surface area contributed by atoms with E-state index < -0.39 is 6.09 Å². The van der Waals surface area contributed by atoms with E-state index in [1.165, 1.54) is 11.1 Å². The van der Waals surface area contributed by atoms with Crippen molar-refractivity contribution in [2.24, 2.45) is 4.99 Å². The fraction of sp³-hybridized carbons (Fsp3) is 0.0625. The Labute approximate surface area is 157 Å². The highest BCUT2D eigenvalue weighted by Crippen LogP contribution is 2.25. The van der Waals surface area contributed by atoms with Gasteiger partial charge in [0, 0.05) is 11.9 Å². The van der Waals surface area contributed by atoms with Gasteiger partial charge in [-0.25, -0.2) is 9.79 Å². The predicted octanol–water partition coefficient (Wildman–Crippen LogP) is 3.27. The number of hydrogen-bond acceptors (Lipinski definition) is 6. The van der Waals surface area contributed by atoms with Crippen molar-refractivity contribution in [1.82, 2.24) is 10.8 Å². The molecule has 1 aromatic carbocycles. The normalized spacial score (nSPS) is 15.5. The van der Waals surface area contributed by atoms with Crippen LogP contribution in [0.1, 0.15) is 9.67 Å². The number of halogens is 1. The van der Waals surface area contributed by atoms with Crippen molar-refractivity contribution >= 4 is 52.7 Å². The number of nitrogens with one attached hydrogen (secondary N) is 2. The minimum absolute atomic E-state index is 0.186. The van der Waals surface area contributed by atoms with Crippen molar-refractivity contribution in [2.75, 3.05) is 11.4 Å². The molecule has 1 aromatic heterocycles. The lowest BCUT2D eigenvalue weighted by molar-refractivity contribution is 0.0972. The molecule has 8 nitrogen and oxygen atoms in total. The number of hydrogen-bond donors (Lipinski definition) is 3. The summed E-state index contributed by atoms with van der Waals surface area (Å²) < 4.78 is 5.67. The van der Waals surface area contributed by atoms with Gasteiger partial charge in [-0.3, -0.25) is 20.4 Å². The number of cyclic esters (lactones) is 1. The Morgan fingerprint density at radius 3 is 2.73 bits per heavy atom. The molecule has 0 spiro atoms. The molecule has 1 aliphatic heterocycles. The fourth-order valence-corrected chi connectivity index (χ4v) is 3.11. The molecule has 3 rings (SSSR count). The molecule has 0 unspecified atom stereocenters. The van der Waals surface area contributed by atoms with Gasteiger partial charge < -0.3 is 10.1 Å². The Morgan fingerprint density at radius 1 is 1.31 bits per heavy atom. The highest BCUT2D eigenvalue weighted by atomic mass is 35.5. The maximum Gasteiger partial charge on any atom is 0.419 e. The lowest BCUT2D eigenvalue weighted by atomic mass is 10.2. The first kappa shape index (κ1) is 17.9. The van der Waals surface area contributed by atoms with E-state index in [9.17, 15) is 9.59 Å². The second-order valence-electron chi connectivity index (χ2n) is 5.05. The van der Waals surface area contributed by atoms with Crippen LogP contribution >= 0.6 is 22.9 Å². The molecule has 26 heavy (non-hydrogen) atoms. The van der Waals surface area contributed by atoms with Crippen LogP contribution in [0.5, 0.6) is 0 Å². The number of anilines is 1. The van der Waals surface area contributed by atoms with Gasteiger partial charge in [0.15, 0.2) is 0 Å². The van der Waals surface area contributed by atoms with E-state index in [1.807, 2.05) is 5.48 Å². The Bertz CT molecular complexity index is 879. The second kappa shape index (κ2) is 8.00. The number of carbonyl (C=O) groups is 2. The smallest absolute Gasteiger partial charge is 0.411 e. The summed E-state index contributed by atoms with van der Waals surface area (Å²) in [5, 5.41) is 11.0. The second-order valence-corrected chi connectivity index (χ2v) is 6.76.